The smallest absolute Gasteiger partial charge is 0.258 e. The van der Waals surface area contributed by atoms with Gasteiger partial charge in [0, 0.05) is 18.3 Å². The molecule has 0 aliphatic heterocycles. The summed E-state index contributed by atoms with van der Waals surface area (Å²) in [5.74, 6) is 1.23. The van der Waals surface area contributed by atoms with E-state index in [0.717, 1.165) is 0 Å². The summed E-state index contributed by atoms with van der Waals surface area (Å²) >= 11 is 0. The number of pyridine rings is 1. The number of aliphatic hydroxyl groups is 1. The van der Waals surface area contributed by atoms with E-state index in [1.54, 1.807) is 32.0 Å². The monoisotopic (exact) mass is 310 g/mol. The van der Waals surface area contributed by atoms with E-state index in [1.165, 1.54) is 19.2 Å². The molecule has 21 heavy (non-hydrogen) atoms. The molecule has 2 aromatic rings. The van der Waals surface area contributed by atoms with Crippen molar-refractivity contribution in [3.05, 3.63) is 47.5 Å². The molecular weight excluding hydrogens is 292 g/mol. The molecule has 0 aliphatic carbocycles. The maximum Gasteiger partial charge on any atom is 0.258 e. The molecule has 2 rings (SSSR count). The minimum absolute atomic E-state index is 0.0825. The second-order valence-electron chi connectivity index (χ2n) is 5.09. The van der Waals surface area contributed by atoms with Crippen LogP contribution in [0.5, 0.6) is 0 Å². The number of aryl methyl sites for hydroxylation is 2. The third kappa shape index (κ3) is 3.49. The van der Waals surface area contributed by atoms with Gasteiger partial charge in [0.25, 0.3) is 10.0 Å². The fraction of sp³-hybridized carbons (Fsp3) is 0.357. The number of hydrogen-bond acceptors (Lipinski definition) is 5. The molecule has 1 unspecified atom stereocenters. The van der Waals surface area contributed by atoms with Gasteiger partial charge < -0.3 is 9.52 Å². The summed E-state index contributed by atoms with van der Waals surface area (Å²) in [4.78, 5) is 3.79. The fourth-order valence-corrected chi connectivity index (χ4v) is 3.15. The lowest BCUT2D eigenvalue weighted by atomic mass is 9.97. The van der Waals surface area contributed by atoms with Crippen LogP contribution in [0.2, 0.25) is 0 Å². The van der Waals surface area contributed by atoms with Crippen molar-refractivity contribution in [2.24, 2.45) is 0 Å². The predicted molar refractivity (Wildman–Crippen MR) is 77.2 cm³/mol. The van der Waals surface area contributed by atoms with E-state index < -0.39 is 15.6 Å². The van der Waals surface area contributed by atoms with E-state index in [-0.39, 0.29) is 11.6 Å². The second-order valence-corrected chi connectivity index (χ2v) is 6.81. The molecule has 0 saturated carbocycles. The zero-order chi connectivity index (χ0) is 15.7. The van der Waals surface area contributed by atoms with Crippen LogP contribution in [0.15, 0.2) is 39.9 Å². The molecule has 0 radical (unpaired) electrons. The van der Waals surface area contributed by atoms with Gasteiger partial charge >= 0.3 is 0 Å². The molecule has 0 fully saturated rings. The zero-order valence-corrected chi connectivity index (χ0v) is 12.9. The standard InChI is InChI=1S/C14H18N2O4S/c1-10-8-12(11(2)20-10)14(3,17)9-16-21(18,19)13-6-4-5-7-15-13/h4-8,16-17H,9H2,1-3H3. The summed E-state index contributed by atoms with van der Waals surface area (Å²) in [7, 11) is -3.76. The summed E-state index contributed by atoms with van der Waals surface area (Å²) in [5, 5.41) is 10.4. The summed E-state index contributed by atoms with van der Waals surface area (Å²) in [5.41, 5.74) is -0.812. The molecule has 114 valence electrons. The first-order valence-electron chi connectivity index (χ1n) is 6.43. The van der Waals surface area contributed by atoms with Gasteiger partial charge in [-0.3, -0.25) is 0 Å². The summed E-state index contributed by atoms with van der Waals surface area (Å²) < 4.78 is 31.9. The average Bonchev–Trinajstić information content (AvgIpc) is 2.78. The topological polar surface area (TPSA) is 92.4 Å². The van der Waals surface area contributed by atoms with Crippen LogP contribution in [0.1, 0.15) is 24.0 Å². The number of hydrogen-bond donors (Lipinski definition) is 2. The molecule has 7 heteroatoms. The van der Waals surface area contributed by atoms with Gasteiger partial charge in [-0.15, -0.1) is 0 Å². The Kier molecular flexibility index (Phi) is 4.18. The van der Waals surface area contributed by atoms with Crippen LogP contribution < -0.4 is 4.72 Å². The molecule has 2 aromatic heterocycles. The van der Waals surface area contributed by atoms with Crippen LogP contribution in [0.3, 0.4) is 0 Å². The Morgan fingerprint density at radius 2 is 2.10 bits per heavy atom. The normalized spacial score (nSPS) is 14.9. The van der Waals surface area contributed by atoms with Gasteiger partial charge in [0.15, 0.2) is 5.03 Å². The Bertz CT molecular complexity index is 721. The van der Waals surface area contributed by atoms with Gasteiger partial charge in [-0.25, -0.2) is 18.1 Å². The van der Waals surface area contributed by atoms with Crippen molar-refractivity contribution < 1.29 is 17.9 Å². The number of nitrogens with zero attached hydrogens (tertiary/aromatic N) is 1. The third-order valence-corrected chi connectivity index (χ3v) is 4.46. The number of sulfonamides is 1. The van der Waals surface area contributed by atoms with Crippen LogP contribution in [0, 0.1) is 13.8 Å². The van der Waals surface area contributed by atoms with Gasteiger partial charge in [-0.1, -0.05) is 6.07 Å². The van der Waals surface area contributed by atoms with E-state index in [4.69, 9.17) is 4.42 Å². The Hall–Kier alpha value is -1.70. The summed E-state index contributed by atoms with van der Waals surface area (Å²) in [6.45, 7) is 4.85. The SMILES string of the molecule is Cc1cc(C(C)(O)CNS(=O)(=O)c2ccccn2)c(C)o1. The van der Waals surface area contributed by atoms with Crippen LogP contribution in [0.25, 0.3) is 0 Å². The highest BCUT2D eigenvalue weighted by Gasteiger charge is 2.30. The highest BCUT2D eigenvalue weighted by molar-refractivity contribution is 7.89. The summed E-state index contributed by atoms with van der Waals surface area (Å²) in [6, 6.07) is 6.31. The molecule has 2 heterocycles. The lowest BCUT2D eigenvalue weighted by Crippen LogP contribution is -2.39. The molecule has 0 aromatic carbocycles. The van der Waals surface area contributed by atoms with Crippen molar-refractivity contribution in [2.75, 3.05) is 6.54 Å². The maximum absolute atomic E-state index is 12.1. The molecule has 0 aliphatic rings. The Labute approximate surface area is 123 Å². The van der Waals surface area contributed by atoms with Crippen LogP contribution in [-0.2, 0) is 15.6 Å². The highest BCUT2D eigenvalue weighted by Crippen LogP contribution is 2.26. The second kappa shape index (κ2) is 5.59. The largest absolute Gasteiger partial charge is 0.466 e. The van der Waals surface area contributed by atoms with Crippen molar-refractivity contribution in [3.63, 3.8) is 0 Å². The quantitative estimate of drug-likeness (QED) is 0.872. The van der Waals surface area contributed by atoms with E-state index in [9.17, 15) is 13.5 Å². The molecule has 0 amide bonds. The third-order valence-electron chi connectivity index (χ3n) is 3.14. The van der Waals surface area contributed by atoms with E-state index in [1.807, 2.05) is 0 Å². The van der Waals surface area contributed by atoms with Gasteiger partial charge in [0.2, 0.25) is 0 Å². The Balaban J connectivity index is 2.17. The van der Waals surface area contributed by atoms with Crippen molar-refractivity contribution >= 4 is 10.0 Å². The number of aromatic nitrogens is 1. The van der Waals surface area contributed by atoms with Gasteiger partial charge in [0.1, 0.15) is 17.1 Å². The first kappa shape index (κ1) is 15.7. The number of nitrogens with one attached hydrogen (secondary N) is 1. The highest BCUT2D eigenvalue weighted by atomic mass is 32.2. The molecule has 0 spiro atoms. The minimum Gasteiger partial charge on any atom is -0.466 e. The van der Waals surface area contributed by atoms with Crippen LogP contribution >= 0.6 is 0 Å². The lowest BCUT2D eigenvalue weighted by molar-refractivity contribution is 0.0612. The van der Waals surface area contributed by atoms with Crippen molar-refractivity contribution in [1.29, 1.82) is 0 Å². The maximum atomic E-state index is 12.1. The fourth-order valence-electron chi connectivity index (χ4n) is 2.08. The molecular formula is C14H18N2O4S. The van der Waals surface area contributed by atoms with Crippen molar-refractivity contribution in [3.8, 4) is 0 Å². The minimum atomic E-state index is -3.76. The Morgan fingerprint density at radius 1 is 1.38 bits per heavy atom. The van der Waals surface area contributed by atoms with Crippen LogP contribution in [-0.4, -0.2) is 25.1 Å². The zero-order valence-electron chi connectivity index (χ0n) is 12.1. The van der Waals surface area contributed by atoms with E-state index in [0.29, 0.717) is 17.1 Å². The number of furan rings is 1. The van der Waals surface area contributed by atoms with Gasteiger partial charge in [-0.2, -0.15) is 0 Å². The first-order valence-corrected chi connectivity index (χ1v) is 7.91. The molecule has 1 atom stereocenters. The lowest BCUT2D eigenvalue weighted by Gasteiger charge is -2.23. The van der Waals surface area contributed by atoms with Crippen LogP contribution in [0.4, 0.5) is 0 Å². The van der Waals surface area contributed by atoms with Crippen molar-refractivity contribution in [1.82, 2.24) is 9.71 Å². The van der Waals surface area contributed by atoms with Crippen molar-refractivity contribution in [2.45, 2.75) is 31.4 Å². The molecule has 6 nitrogen and oxygen atoms in total. The summed E-state index contributed by atoms with van der Waals surface area (Å²) in [6.07, 6.45) is 1.40. The van der Waals surface area contributed by atoms with Gasteiger partial charge in [0.05, 0.1) is 0 Å². The molecule has 2 N–H and O–H groups in total. The van der Waals surface area contributed by atoms with E-state index in [2.05, 4.69) is 9.71 Å². The van der Waals surface area contributed by atoms with E-state index >= 15 is 0 Å². The average molecular weight is 310 g/mol. The predicted octanol–water partition coefficient (Wildman–Crippen LogP) is 1.48. The Morgan fingerprint density at radius 3 is 2.62 bits per heavy atom. The first-order chi connectivity index (χ1) is 9.72. The molecule has 0 saturated heterocycles. The molecule has 0 bridgehead atoms. The number of rotatable bonds is 5. The van der Waals surface area contributed by atoms with Gasteiger partial charge in [-0.05, 0) is 39.0 Å².